The third-order valence-electron chi connectivity index (χ3n) is 4.68. The van der Waals surface area contributed by atoms with Crippen LogP contribution in [0.1, 0.15) is 12.5 Å². The predicted molar refractivity (Wildman–Crippen MR) is 107 cm³/mol. The van der Waals surface area contributed by atoms with Gasteiger partial charge >= 0.3 is 6.03 Å². The molecule has 0 radical (unpaired) electrons. The first-order chi connectivity index (χ1) is 13.8. The number of methoxy groups -OCH3 is 2. The number of benzene rings is 2. The van der Waals surface area contributed by atoms with Crippen LogP contribution in [0.2, 0.25) is 5.02 Å². The van der Waals surface area contributed by atoms with Crippen molar-refractivity contribution in [1.29, 1.82) is 0 Å². The van der Waals surface area contributed by atoms with Crippen LogP contribution in [0.25, 0.3) is 0 Å². The summed E-state index contributed by atoms with van der Waals surface area (Å²) in [5, 5.41) is 5.60. The summed E-state index contributed by atoms with van der Waals surface area (Å²) in [6.07, 6.45) is 0. The van der Waals surface area contributed by atoms with Crippen LogP contribution in [0.5, 0.6) is 11.5 Å². The Kier molecular flexibility index (Phi) is 5.65. The number of nitrogens with zero attached hydrogens (tertiary/aromatic N) is 1. The lowest BCUT2D eigenvalue weighted by Crippen LogP contribution is -2.42. The van der Waals surface area contributed by atoms with Crippen LogP contribution in [0.3, 0.4) is 0 Å². The topological polar surface area (TPSA) is 97.0 Å². The molecule has 2 N–H and O–H groups in total. The van der Waals surface area contributed by atoms with Crippen LogP contribution in [-0.2, 0) is 15.1 Å². The van der Waals surface area contributed by atoms with Crippen LogP contribution < -0.4 is 20.1 Å². The van der Waals surface area contributed by atoms with E-state index in [9.17, 15) is 14.4 Å². The lowest BCUT2D eigenvalue weighted by atomic mass is 9.92. The summed E-state index contributed by atoms with van der Waals surface area (Å²) in [6.45, 7) is 1.15. The molecule has 9 heteroatoms. The minimum atomic E-state index is -1.24. The first-order valence-electron chi connectivity index (χ1n) is 8.71. The Morgan fingerprint density at radius 3 is 2.41 bits per heavy atom. The SMILES string of the molecule is COc1cc(NC(=O)CN2C(=O)NC(C)(c3ccccc3)C2=O)c(OC)cc1Cl. The van der Waals surface area contributed by atoms with Gasteiger partial charge < -0.3 is 20.1 Å². The average molecular weight is 418 g/mol. The number of imide groups is 1. The van der Waals surface area contributed by atoms with E-state index in [4.69, 9.17) is 21.1 Å². The molecule has 2 aromatic rings. The fourth-order valence-electron chi connectivity index (χ4n) is 3.10. The Labute approximate surface area is 172 Å². The minimum Gasteiger partial charge on any atom is -0.495 e. The van der Waals surface area contributed by atoms with Gasteiger partial charge in [-0.05, 0) is 12.5 Å². The maximum Gasteiger partial charge on any atom is 0.325 e. The normalized spacial score (nSPS) is 18.4. The highest BCUT2D eigenvalue weighted by Gasteiger charge is 2.49. The van der Waals surface area contributed by atoms with Gasteiger partial charge in [0.05, 0.1) is 24.9 Å². The fraction of sp³-hybridized carbons (Fsp3) is 0.250. The summed E-state index contributed by atoms with van der Waals surface area (Å²) < 4.78 is 10.4. The molecule has 1 aliphatic heterocycles. The Hall–Kier alpha value is -3.26. The highest BCUT2D eigenvalue weighted by Crippen LogP contribution is 2.36. The number of hydrogen-bond donors (Lipinski definition) is 2. The Bertz CT molecular complexity index is 966. The number of hydrogen-bond acceptors (Lipinski definition) is 5. The van der Waals surface area contributed by atoms with E-state index < -0.39 is 29.9 Å². The van der Waals surface area contributed by atoms with Crippen LogP contribution in [0.15, 0.2) is 42.5 Å². The van der Waals surface area contributed by atoms with Crippen molar-refractivity contribution in [3.05, 3.63) is 53.1 Å². The maximum atomic E-state index is 12.9. The van der Waals surface area contributed by atoms with Crippen molar-refractivity contribution in [1.82, 2.24) is 10.2 Å². The highest BCUT2D eigenvalue weighted by molar-refractivity contribution is 6.32. The smallest absolute Gasteiger partial charge is 0.325 e. The van der Waals surface area contributed by atoms with Crippen LogP contribution in [-0.4, -0.2) is 43.5 Å². The van der Waals surface area contributed by atoms with Crippen molar-refractivity contribution in [2.24, 2.45) is 0 Å². The van der Waals surface area contributed by atoms with E-state index in [2.05, 4.69) is 10.6 Å². The number of urea groups is 1. The first kappa shape index (κ1) is 20.5. The Morgan fingerprint density at radius 2 is 1.79 bits per heavy atom. The van der Waals surface area contributed by atoms with Gasteiger partial charge in [-0.25, -0.2) is 4.79 Å². The molecule has 1 aliphatic rings. The largest absolute Gasteiger partial charge is 0.495 e. The number of carbonyl (C=O) groups excluding carboxylic acids is 3. The van der Waals surface area contributed by atoms with Gasteiger partial charge in [0.2, 0.25) is 5.91 Å². The molecule has 0 saturated carbocycles. The molecule has 0 aliphatic carbocycles. The molecule has 0 spiro atoms. The molecule has 152 valence electrons. The number of nitrogens with one attached hydrogen (secondary N) is 2. The molecule has 1 atom stereocenters. The molecular formula is C20H20ClN3O5. The third kappa shape index (κ3) is 3.84. The van der Waals surface area contributed by atoms with Crippen molar-refractivity contribution in [3.63, 3.8) is 0 Å². The number of amides is 4. The van der Waals surface area contributed by atoms with Crippen LogP contribution in [0, 0.1) is 0 Å². The van der Waals surface area contributed by atoms with Gasteiger partial charge in [0.15, 0.2) is 0 Å². The lowest BCUT2D eigenvalue weighted by Gasteiger charge is -2.22. The van der Waals surface area contributed by atoms with E-state index in [0.717, 1.165) is 4.90 Å². The summed E-state index contributed by atoms with van der Waals surface area (Å²) in [6, 6.07) is 11.2. The zero-order valence-corrected chi connectivity index (χ0v) is 16.9. The van der Waals surface area contributed by atoms with E-state index in [-0.39, 0.29) is 0 Å². The van der Waals surface area contributed by atoms with E-state index in [1.54, 1.807) is 31.2 Å². The number of rotatable bonds is 6. The molecule has 29 heavy (non-hydrogen) atoms. The molecule has 1 fully saturated rings. The third-order valence-corrected chi connectivity index (χ3v) is 4.97. The molecule has 0 bridgehead atoms. The number of ether oxygens (including phenoxy) is 2. The molecule has 3 rings (SSSR count). The average Bonchev–Trinajstić information content (AvgIpc) is 2.93. The Balaban J connectivity index is 1.78. The molecule has 2 aromatic carbocycles. The summed E-state index contributed by atoms with van der Waals surface area (Å²) in [4.78, 5) is 38.7. The van der Waals surface area contributed by atoms with E-state index >= 15 is 0 Å². The zero-order valence-electron chi connectivity index (χ0n) is 16.1. The van der Waals surface area contributed by atoms with Gasteiger partial charge in [-0.2, -0.15) is 0 Å². The molecule has 1 saturated heterocycles. The highest BCUT2D eigenvalue weighted by atomic mass is 35.5. The second-order valence-corrected chi connectivity index (χ2v) is 6.95. The molecule has 4 amide bonds. The first-order valence-corrected chi connectivity index (χ1v) is 9.09. The predicted octanol–water partition coefficient (Wildman–Crippen LogP) is 2.76. The maximum absolute atomic E-state index is 12.9. The van der Waals surface area contributed by atoms with Gasteiger partial charge in [-0.1, -0.05) is 41.9 Å². The quantitative estimate of drug-likeness (QED) is 0.704. The summed E-state index contributed by atoms with van der Waals surface area (Å²) >= 11 is 6.06. The van der Waals surface area contributed by atoms with Crippen LogP contribution in [0.4, 0.5) is 10.5 Å². The number of carbonyl (C=O) groups is 3. The summed E-state index contributed by atoms with van der Waals surface area (Å²) in [5.41, 5.74) is -0.304. The molecule has 8 nitrogen and oxygen atoms in total. The van der Waals surface area contributed by atoms with Crippen LogP contribution >= 0.6 is 11.6 Å². The van der Waals surface area contributed by atoms with E-state index in [1.807, 2.05) is 6.07 Å². The van der Waals surface area contributed by atoms with E-state index in [1.165, 1.54) is 26.4 Å². The lowest BCUT2D eigenvalue weighted by molar-refractivity contribution is -0.133. The van der Waals surface area contributed by atoms with Crippen molar-refractivity contribution in [2.75, 3.05) is 26.1 Å². The van der Waals surface area contributed by atoms with Crippen molar-refractivity contribution in [2.45, 2.75) is 12.5 Å². The minimum absolute atomic E-state index is 0.302. The van der Waals surface area contributed by atoms with Gasteiger partial charge in [0, 0.05) is 12.1 Å². The van der Waals surface area contributed by atoms with Gasteiger partial charge in [0.25, 0.3) is 5.91 Å². The van der Waals surface area contributed by atoms with E-state index in [0.29, 0.717) is 27.8 Å². The monoisotopic (exact) mass is 417 g/mol. The van der Waals surface area contributed by atoms with Gasteiger partial charge in [-0.3, -0.25) is 14.5 Å². The summed E-state index contributed by atoms with van der Waals surface area (Å²) in [7, 11) is 2.87. The zero-order chi connectivity index (χ0) is 21.2. The summed E-state index contributed by atoms with van der Waals surface area (Å²) in [5.74, 6) is -0.428. The molecule has 0 aromatic heterocycles. The fourth-order valence-corrected chi connectivity index (χ4v) is 3.33. The number of halogens is 1. The second-order valence-electron chi connectivity index (χ2n) is 6.55. The molecule has 1 heterocycles. The van der Waals surface area contributed by atoms with Crippen molar-refractivity contribution < 1.29 is 23.9 Å². The number of anilines is 1. The Morgan fingerprint density at radius 1 is 1.14 bits per heavy atom. The molecular weight excluding hydrogens is 398 g/mol. The van der Waals surface area contributed by atoms with Gasteiger partial charge in [0.1, 0.15) is 23.6 Å². The molecule has 1 unspecified atom stereocenters. The van der Waals surface area contributed by atoms with Gasteiger partial charge in [-0.15, -0.1) is 0 Å². The van der Waals surface area contributed by atoms with Crippen molar-refractivity contribution >= 4 is 35.1 Å². The second kappa shape index (κ2) is 8.00. The standard InChI is InChI=1S/C20H20ClN3O5/c1-20(12-7-5-4-6-8-12)18(26)24(19(27)23-20)11-17(25)22-14-10-15(28-2)13(21)9-16(14)29-3/h4-10H,11H2,1-3H3,(H,22,25)(H,23,27). The van der Waals surface area contributed by atoms with Crippen molar-refractivity contribution in [3.8, 4) is 11.5 Å².